The van der Waals surface area contributed by atoms with E-state index in [-0.39, 0.29) is 4.99 Å². The SMILES string of the molecule is CC(NC(=O)c1cnccc1C(F)(F)F)C(N)=S. The van der Waals surface area contributed by atoms with Crippen LogP contribution in [0.2, 0.25) is 0 Å². The zero-order valence-electron chi connectivity index (χ0n) is 9.28. The molecule has 0 bridgehead atoms. The van der Waals surface area contributed by atoms with Gasteiger partial charge in [-0.05, 0) is 13.0 Å². The Bertz CT molecular complexity index is 476. The normalized spacial score (nSPS) is 12.9. The fourth-order valence-electron chi connectivity index (χ4n) is 1.17. The summed E-state index contributed by atoms with van der Waals surface area (Å²) in [6.07, 6.45) is -2.80. The van der Waals surface area contributed by atoms with Gasteiger partial charge in [0.05, 0.1) is 22.2 Å². The Balaban J connectivity index is 3.03. The molecule has 0 aliphatic carbocycles. The molecule has 0 aliphatic heterocycles. The quantitative estimate of drug-likeness (QED) is 0.822. The summed E-state index contributed by atoms with van der Waals surface area (Å²) in [5.74, 6) is -0.921. The first-order chi connectivity index (χ1) is 8.23. The van der Waals surface area contributed by atoms with Crippen molar-refractivity contribution in [2.24, 2.45) is 5.73 Å². The highest BCUT2D eigenvalue weighted by molar-refractivity contribution is 7.80. The minimum atomic E-state index is -4.62. The number of rotatable bonds is 3. The highest BCUT2D eigenvalue weighted by atomic mass is 32.1. The molecule has 0 aromatic carbocycles. The van der Waals surface area contributed by atoms with Crippen molar-refractivity contribution in [1.29, 1.82) is 0 Å². The number of thiocarbonyl (C=S) groups is 1. The second kappa shape index (κ2) is 5.30. The standard InChI is InChI=1S/C10H10F3N3OS/c1-5(8(14)18)16-9(17)6-4-15-3-2-7(6)10(11,12)13/h2-5H,1H3,(H2,14,18)(H,16,17). The fourth-order valence-corrected chi connectivity index (χ4v) is 1.23. The zero-order valence-corrected chi connectivity index (χ0v) is 10.1. The summed E-state index contributed by atoms with van der Waals surface area (Å²) in [7, 11) is 0. The number of hydrogen-bond acceptors (Lipinski definition) is 3. The van der Waals surface area contributed by atoms with Gasteiger partial charge in [0.25, 0.3) is 5.91 Å². The van der Waals surface area contributed by atoms with E-state index in [9.17, 15) is 18.0 Å². The first-order valence-electron chi connectivity index (χ1n) is 4.85. The average molecular weight is 277 g/mol. The van der Waals surface area contributed by atoms with Gasteiger partial charge in [-0.3, -0.25) is 9.78 Å². The fraction of sp³-hybridized carbons (Fsp3) is 0.300. The molecule has 0 radical (unpaired) electrons. The van der Waals surface area contributed by atoms with Gasteiger partial charge in [-0.25, -0.2) is 0 Å². The number of aromatic nitrogens is 1. The van der Waals surface area contributed by atoms with Gasteiger partial charge < -0.3 is 11.1 Å². The van der Waals surface area contributed by atoms with Crippen molar-refractivity contribution in [2.45, 2.75) is 19.1 Å². The monoisotopic (exact) mass is 277 g/mol. The van der Waals surface area contributed by atoms with Gasteiger partial charge in [0.15, 0.2) is 0 Å². The molecule has 1 rings (SSSR count). The number of alkyl halides is 3. The molecule has 0 saturated carbocycles. The van der Waals surface area contributed by atoms with Gasteiger partial charge >= 0.3 is 6.18 Å². The van der Waals surface area contributed by atoms with E-state index in [1.165, 1.54) is 6.92 Å². The number of nitrogens with two attached hydrogens (primary N) is 1. The molecule has 3 N–H and O–H groups in total. The van der Waals surface area contributed by atoms with Crippen LogP contribution in [0, 0.1) is 0 Å². The maximum atomic E-state index is 12.6. The molecule has 1 heterocycles. The zero-order chi connectivity index (χ0) is 13.9. The van der Waals surface area contributed by atoms with Crippen LogP contribution in [0.5, 0.6) is 0 Å². The molecule has 1 aromatic rings. The van der Waals surface area contributed by atoms with Crippen LogP contribution in [-0.4, -0.2) is 21.9 Å². The lowest BCUT2D eigenvalue weighted by molar-refractivity contribution is -0.138. The van der Waals surface area contributed by atoms with Crippen molar-refractivity contribution in [3.05, 3.63) is 29.6 Å². The van der Waals surface area contributed by atoms with Crippen LogP contribution in [0.3, 0.4) is 0 Å². The van der Waals surface area contributed by atoms with Gasteiger partial charge in [-0.2, -0.15) is 13.2 Å². The van der Waals surface area contributed by atoms with E-state index in [0.29, 0.717) is 0 Å². The minimum absolute atomic E-state index is 0.0131. The largest absolute Gasteiger partial charge is 0.417 e. The molecule has 0 fully saturated rings. The number of carbonyl (C=O) groups is 1. The van der Waals surface area contributed by atoms with Crippen molar-refractivity contribution in [2.75, 3.05) is 0 Å². The van der Waals surface area contributed by atoms with Gasteiger partial charge in [-0.1, -0.05) is 12.2 Å². The molecule has 8 heteroatoms. The van der Waals surface area contributed by atoms with E-state index >= 15 is 0 Å². The minimum Gasteiger partial charge on any atom is -0.392 e. The molecule has 18 heavy (non-hydrogen) atoms. The van der Waals surface area contributed by atoms with E-state index in [2.05, 4.69) is 22.5 Å². The molecule has 1 aromatic heterocycles. The van der Waals surface area contributed by atoms with Gasteiger partial charge in [0.1, 0.15) is 0 Å². The third kappa shape index (κ3) is 3.39. The lowest BCUT2D eigenvalue weighted by Crippen LogP contribution is -2.41. The highest BCUT2D eigenvalue weighted by Crippen LogP contribution is 2.31. The maximum absolute atomic E-state index is 12.6. The maximum Gasteiger partial charge on any atom is 0.417 e. The number of carbonyl (C=O) groups excluding carboxylic acids is 1. The van der Waals surface area contributed by atoms with Crippen molar-refractivity contribution in [3.8, 4) is 0 Å². The molecule has 0 aliphatic rings. The lowest BCUT2D eigenvalue weighted by Gasteiger charge is -2.15. The Kier molecular flexibility index (Phi) is 4.23. The summed E-state index contributed by atoms with van der Waals surface area (Å²) in [6, 6.07) is 0.0363. The molecular formula is C10H10F3N3OS. The third-order valence-corrected chi connectivity index (χ3v) is 2.50. The Morgan fingerprint density at radius 1 is 1.56 bits per heavy atom. The first-order valence-corrected chi connectivity index (χ1v) is 5.25. The molecule has 4 nitrogen and oxygen atoms in total. The van der Waals surface area contributed by atoms with Crippen molar-refractivity contribution in [3.63, 3.8) is 0 Å². The second-order valence-electron chi connectivity index (χ2n) is 3.52. The van der Waals surface area contributed by atoms with E-state index in [4.69, 9.17) is 5.73 Å². The van der Waals surface area contributed by atoms with Crippen LogP contribution in [0.25, 0.3) is 0 Å². The summed E-state index contributed by atoms with van der Waals surface area (Å²) < 4.78 is 37.9. The lowest BCUT2D eigenvalue weighted by atomic mass is 10.1. The number of nitrogens with zero attached hydrogens (tertiary/aromatic N) is 1. The molecular weight excluding hydrogens is 267 g/mol. The van der Waals surface area contributed by atoms with Crippen LogP contribution in [0.15, 0.2) is 18.5 Å². The van der Waals surface area contributed by atoms with Gasteiger partial charge in [0, 0.05) is 12.4 Å². The highest BCUT2D eigenvalue weighted by Gasteiger charge is 2.35. The Morgan fingerprint density at radius 3 is 2.67 bits per heavy atom. The predicted molar refractivity (Wildman–Crippen MR) is 63.0 cm³/mol. The van der Waals surface area contributed by atoms with Gasteiger partial charge in [-0.15, -0.1) is 0 Å². The summed E-state index contributed by atoms with van der Waals surface area (Å²) >= 11 is 4.62. The Hall–Kier alpha value is -1.70. The number of pyridine rings is 1. The van der Waals surface area contributed by atoms with Crippen LogP contribution in [0.1, 0.15) is 22.8 Å². The summed E-state index contributed by atoms with van der Waals surface area (Å²) in [6.45, 7) is 1.48. The average Bonchev–Trinajstić information content (AvgIpc) is 2.27. The summed E-state index contributed by atoms with van der Waals surface area (Å²) in [5, 5.41) is 2.26. The van der Waals surface area contributed by atoms with Crippen LogP contribution in [-0.2, 0) is 6.18 Å². The predicted octanol–water partition coefficient (Wildman–Crippen LogP) is 1.50. The Labute approximate surface area is 106 Å². The van der Waals surface area contributed by atoms with Crippen molar-refractivity contribution in [1.82, 2.24) is 10.3 Å². The second-order valence-corrected chi connectivity index (χ2v) is 3.99. The smallest absolute Gasteiger partial charge is 0.392 e. The molecule has 1 unspecified atom stereocenters. The molecule has 0 saturated heterocycles. The van der Waals surface area contributed by atoms with Crippen LogP contribution < -0.4 is 11.1 Å². The summed E-state index contributed by atoms with van der Waals surface area (Å²) in [4.78, 5) is 15.2. The third-order valence-electron chi connectivity index (χ3n) is 2.15. The molecule has 98 valence electrons. The Morgan fingerprint density at radius 2 is 2.17 bits per heavy atom. The number of hydrogen-bond donors (Lipinski definition) is 2. The number of halogens is 3. The van der Waals surface area contributed by atoms with Gasteiger partial charge in [0.2, 0.25) is 0 Å². The van der Waals surface area contributed by atoms with E-state index in [1.807, 2.05) is 0 Å². The van der Waals surface area contributed by atoms with Crippen molar-refractivity contribution < 1.29 is 18.0 Å². The van der Waals surface area contributed by atoms with Crippen molar-refractivity contribution >= 4 is 23.1 Å². The molecule has 1 amide bonds. The van der Waals surface area contributed by atoms with E-state index in [0.717, 1.165) is 18.5 Å². The number of amides is 1. The molecule has 1 atom stereocenters. The van der Waals surface area contributed by atoms with Crippen LogP contribution in [0.4, 0.5) is 13.2 Å². The topological polar surface area (TPSA) is 68.0 Å². The number of nitrogens with one attached hydrogen (secondary N) is 1. The van der Waals surface area contributed by atoms with E-state index in [1.54, 1.807) is 0 Å². The van der Waals surface area contributed by atoms with Crippen LogP contribution >= 0.6 is 12.2 Å². The van der Waals surface area contributed by atoms with E-state index < -0.39 is 29.3 Å². The molecule has 0 spiro atoms. The first kappa shape index (κ1) is 14.4. The summed E-state index contributed by atoms with van der Waals surface area (Å²) in [5.41, 5.74) is 3.65.